The smallest absolute Gasteiger partial charge is 0.330 e. The van der Waals surface area contributed by atoms with Gasteiger partial charge in [-0.2, -0.15) is 0 Å². The van der Waals surface area contributed by atoms with Gasteiger partial charge in [-0.1, -0.05) is 6.08 Å². The molecule has 1 rings (SSSR count). The van der Waals surface area contributed by atoms with Gasteiger partial charge in [-0.25, -0.2) is 17.9 Å². The van der Waals surface area contributed by atoms with Crippen LogP contribution in [0, 0.1) is 0 Å². The monoisotopic (exact) mass is 316 g/mol. The predicted molar refractivity (Wildman–Crippen MR) is 73.9 cm³/mol. The van der Waals surface area contributed by atoms with Crippen LogP contribution in [-0.4, -0.2) is 40.2 Å². The van der Waals surface area contributed by atoms with Gasteiger partial charge in [0.05, 0.1) is 19.9 Å². The van der Waals surface area contributed by atoms with E-state index < -0.39 is 21.9 Å². The maximum atomic E-state index is 11.7. The average Bonchev–Trinajstić information content (AvgIpc) is 2.89. The lowest BCUT2D eigenvalue weighted by molar-refractivity contribution is -0.134. The number of amides is 1. The van der Waals surface area contributed by atoms with Gasteiger partial charge in [0.15, 0.2) is 5.76 Å². The molecule has 0 aliphatic carbocycles. The van der Waals surface area contributed by atoms with Crippen molar-refractivity contribution >= 4 is 21.9 Å². The second kappa shape index (κ2) is 7.60. The van der Waals surface area contributed by atoms with Gasteiger partial charge in [-0.3, -0.25) is 4.79 Å². The van der Waals surface area contributed by atoms with Gasteiger partial charge in [-0.15, -0.1) is 0 Å². The van der Waals surface area contributed by atoms with E-state index in [4.69, 9.17) is 4.42 Å². The van der Waals surface area contributed by atoms with E-state index in [0.717, 1.165) is 6.26 Å². The zero-order valence-corrected chi connectivity index (χ0v) is 12.4. The lowest BCUT2D eigenvalue weighted by atomic mass is 10.4. The van der Waals surface area contributed by atoms with Crippen molar-refractivity contribution in [3.63, 3.8) is 0 Å². The van der Waals surface area contributed by atoms with Crippen LogP contribution in [0.15, 0.2) is 28.7 Å². The highest BCUT2D eigenvalue weighted by Crippen LogP contribution is 2.07. The number of furan rings is 1. The molecule has 0 fully saturated rings. The number of sulfonamides is 1. The molecule has 21 heavy (non-hydrogen) atoms. The minimum atomic E-state index is -3.33. The van der Waals surface area contributed by atoms with E-state index >= 15 is 0 Å². The Morgan fingerprint density at radius 2 is 2.10 bits per heavy atom. The highest BCUT2D eigenvalue weighted by atomic mass is 32.2. The van der Waals surface area contributed by atoms with Gasteiger partial charge in [0.1, 0.15) is 5.76 Å². The Morgan fingerprint density at radius 1 is 1.38 bits per heavy atom. The Kier molecular flexibility index (Phi) is 6.12. The summed E-state index contributed by atoms with van der Waals surface area (Å²) in [5.74, 6) is -0.631. The van der Waals surface area contributed by atoms with Gasteiger partial charge >= 0.3 is 5.97 Å². The third kappa shape index (κ3) is 6.72. The Hall–Kier alpha value is -2.13. The van der Waals surface area contributed by atoms with Gasteiger partial charge < -0.3 is 14.5 Å². The Bertz CT molecular complexity index is 632. The molecule has 0 aliphatic rings. The van der Waals surface area contributed by atoms with Crippen molar-refractivity contribution in [3.05, 3.63) is 35.8 Å². The maximum Gasteiger partial charge on any atom is 0.330 e. The van der Waals surface area contributed by atoms with Crippen LogP contribution in [0.5, 0.6) is 0 Å². The van der Waals surface area contributed by atoms with Crippen molar-refractivity contribution in [1.82, 2.24) is 10.0 Å². The first kappa shape index (κ1) is 16.9. The molecular weight excluding hydrogens is 300 g/mol. The third-order valence-electron chi connectivity index (χ3n) is 2.23. The number of methoxy groups -OCH3 is 1. The minimum absolute atomic E-state index is 0.0334. The van der Waals surface area contributed by atoms with Crippen LogP contribution in [0.1, 0.15) is 16.3 Å². The summed E-state index contributed by atoms with van der Waals surface area (Å²) in [4.78, 5) is 22.5. The van der Waals surface area contributed by atoms with E-state index in [-0.39, 0.29) is 18.8 Å². The summed E-state index contributed by atoms with van der Waals surface area (Å²) >= 11 is 0. The summed E-state index contributed by atoms with van der Waals surface area (Å²) in [7, 11) is -2.07. The molecule has 0 unspecified atom stereocenters. The zero-order chi connectivity index (χ0) is 15.9. The summed E-state index contributed by atoms with van der Waals surface area (Å²) in [5.41, 5.74) is 0. The van der Waals surface area contributed by atoms with Crippen molar-refractivity contribution in [2.24, 2.45) is 0 Å². The largest absolute Gasteiger partial charge is 0.466 e. The van der Waals surface area contributed by atoms with Crippen LogP contribution in [0.4, 0.5) is 0 Å². The zero-order valence-electron chi connectivity index (χ0n) is 11.6. The first-order valence-electron chi connectivity index (χ1n) is 5.88. The standard InChI is InChI=1S/C12H16N2O6S/c1-19-11(15)4-3-7-13-12(16)10-6-5-9(20-10)8-14-21(2,17)18/h3-6,14H,7-8H2,1-2H3,(H,13,16)/b4-3+. The molecule has 0 bridgehead atoms. The van der Waals surface area contributed by atoms with Crippen LogP contribution in [0.3, 0.4) is 0 Å². The maximum absolute atomic E-state index is 11.7. The summed E-state index contributed by atoms with van der Waals surface area (Å²) in [6, 6.07) is 2.93. The molecule has 0 aromatic carbocycles. The van der Waals surface area contributed by atoms with Crippen molar-refractivity contribution in [1.29, 1.82) is 0 Å². The molecule has 2 N–H and O–H groups in total. The van der Waals surface area contributed by atoms with Crippen LogP contribution < -0.4 is 10.0 Å². The molecule has 1 heterocycles. The van der Waals surface area contributed by atoms with Gasteiger partial charge in [0, 0.05) is 12.6 Å². The molecule has 0 spiro atoms. The number of hydrogen-bond acceptors (Lipinski definition) is 6. The summed E-state index contributed by atoms with van der Waals surface area (Å²) in [5, 5.41) is 2.50. The molecule has 116 valence electrons. The van der Waals surface area contributed by atoms with Gasteiger partial charge in [0.2, 0.25) is 10.0 Å². The molecule has 0 aliphatic heterocycles. The van der Waals surface area contributed by atoms with Crippen molar-refractivity contribution in [2.45, 2.75) is 6.54 Å². The molecule has 9 heteroatoms. The van der Waals surface area contributed by atoms with E-state index in [0.29, 0.717) is 5.76 Å². The molecule has 0 saturated heterocycles. The summed E-state index contributed by atoms with van der Waals surface area (Å²) in [6.45, 7) is 0.0971. The van der Waals surface area contributed by atoms with E-state index in [1.165, 1.54) is 31.4 Å². The normalized spacial score (nSPS) is 11.5. The van der Waals surface area contributed by atoms with Crippen molar-refractivity contribution in [3.8, 4) is 0 Å². The third-order valence-corrected chi connectivity index (χ3v) is 2.90. The molecule has 1 aromatic heterocycles. The van der Waals surface area contributed by atoms with E-state index in [1.807, 2.05) is 0 Å². The first-order chi connectivity index (χ1) is 9.81. The van der Waals surface area contributed by atoms with Crippen LogP contribution in [-0.2, 0) is 26.1 Å². The van der Waals surface area contributed by atoms with Crippen LogP contribution in [0.2, 0.25) is 0 Å². The number of carbonyl (C=O) groups excluding carboxylic acids is 2. The Morgan fingerprint density at radius 3 is 2.71 bits per heavy atom. The van der Waals surface area contributed by atoms with E-state index in [2.05, 4.69) is 14.8 Å². The second-order valence-corrected chi connectivity index (χ2v) is 5.83. The molecule has 0 saturated carbocycles. The lowest BCUT2D eigenvalue weighted by Crippen LogP contribution is -2.23. The summed E-state index contributed by atoms with van der Waals surface area (Å²) < 4.78 is 33.7. The second-order valence-electron chi connectivity index (χ2n) is 3.99. The fourth-order valence-electron chi connectivity index (χ4n) is 1.26. The molecule has 1 aromatic rings. The van der Waals surface area contributed by atoms with E-state index in [9.17, 15) is 18.0 Å². The number of hydrogen-bond donors (Lipinski definition) is 2. The van der Waals surface area contributed by atoms with E-state index in [1.54, 1.807) is 0 Å². The molecule has 8 nitrogen and oxygen atoms in total. The first-order valence-corrected chi connectivity index (χ1v) is 7.77. The highest BCUT2D eigenvalue weighted by molar-refractivity contribution is 7.88. The minimum Gasteiger partial charge on any atom is -0.466 e. The Balaban J connectivity index is 2.47. The van der Waals surface area contributed by atoms with Crippen LogP contribution >= 0.6 is 0 Å². The fraction of sp³-hybridized carbons (Fsp3) is 0.333. The quantitative estimate of drug-likeness (QED) is 0.531. The molecule has 1 amide bonds. The topological polar surface area (TPSA) is 115 Å². The van der Waals surface area contributed by atoms with Crippen molar-refractivity contribution < 1.29 is 27.2 Å². The summed E-state index contributed by atoms with van der Waals surface area (Å²) in [6.07, 6.45) is 3.64. The van der Waals surface area contributed by atoms with Crippen LogP contribution in [0.25, 0.3) is 0 Å². The predicted octanol–water partition coefficient (Wildman–Crippen LogP) is -0.212. The van der Waals surface area contributed by atoms with Gasteiger partial charge in [0.25, 0.3) is 5.91 Å². The molecule has 0 radical (unpaired) electrons. The average molecular weight is 316 g/mol. The SMILES string of the molecule is COC(=O)/C=C/CNC(=O)c1ccc(CNS(C)(=O)=O)o1. The fourth-order valence-corrected chi connectivity index (χ4v) is 1.66. The van der Waals surface area contributed by atoms with Crippen molar-refractivity contribution in [2.75, 3.05) is 19.9 Å². The number of carbonyl (C=O) groups is 2. The number of ether oxygens (including phenoxy) is 1. The number of esters is 1. The van der Waals surface area contributed by atoms with Gasteiger partial charge in [-0.05, 0) is 12.1 Å². The highest BCUT2D eigenvalue weighted by Gasteiger charge is 2.11. The lowest BCUT2D eigenvalue weighted by Gasteiger charge is -2.00. The Labute approximate surface area is 122 Å². The number of nitrogens with one attached hydrogen (secondary N) is 2. The molecule has 0 atom stereocenters. The number of rotatable bonds is 7. The molecular formula is C12H16N2O6S.